The van der Waals surface area contributed by atoms with E-state index in [2.05, 4.69) is 40.0 Å². The van der Waals surface area contributed by atoms with Crippen LogP contribution in [-0.4, -0.2) is 22.1 Å². The number of imidazole rings is 1. The van der Waals surface area contributed by atoms with Crippen molar-refractivity contribution in [3.8, 4) is 0 Å². The maximum absolute atomic E-state index is 5.18. The van der Waals surface area contributed by atoms with E-state index >= 15 is 0 Å². The van der Waals surface area contributed by atoms with E-state index in [-0.39, 0.29) is 0 Å². The molecule has 3 rings (SSSR count). The van der Waals surface area contributed by atoms with Crippen LogP contribution in [0.4, 0.5) is 0 Å². The third-order valence-electron chi connectivity index (χ3n) is 3.69. The van der Waals surface area contributed by atoms with Gasteiger partial charge in [0.2, 0.25) is 0 Å². The Morgan fingerprint density at radius 3 is 3.00 bits per heavy atom. The first kappa shape index (κ1) is 13.9. The molecule has 0 aliphatic rings. The van der Waals surface area contributed by atoms with Gasteiger partial charge in [0.25, 0.3) is 0 Å². The first-order valence-electron chi connectivity index (χ1n) is 7.51. The lowest BCUT2D eigenvalue weighted by atomic mass is 10.1. The summed E-state index contributed by atoms with van der Waals surface area (Å²) < 4.78 is 7.40. The van der Waals surface area contributed by atoms with Crippen molar-refractivity contribution < 1.29 is 4.42 Å². The quantitative estimate of drug-likeness (QED) is 0.724. The predicted octanol–water partition coefficient (Wildman–Crippen LogP) is 3.24. The molecule has 0 saturated heterocycles. The number of para-hydroxylation sites is 2. The Labute approximate surface area is 124 Å². The van der Waals surface area contributed by atoms with Crippen molar-refractivity contribution in [3.63, 3.8) is 0 Å². The van der Waals surface area contributed by atoms with Gasteiger partial charge in [-0.3, -0.25) is 0 Å². The Balaban J connectivity index is 1.76. The normalized spacial score (nSPS) is 12.8. The second kappa shape index (κ2) is 6.59. The molecule has 110 valence electrons. The molecule has 0 radical (unpaired) electrons. The minimum Gasteiger partial charge on any atom is -0.472 e. The highest BCUT2D eigenvalue weighted by Gasteiger charge is 2.12. The van der Waals surface area contributed by atoms with Crippen molar-refractivity contribution in [2.45, 2.75) is 32.4 Å². The third-order valence-corrected chi connectivity index (χ3v) is 3.69. The summed E-state index contributed by atoms with van der Waals surface area (Å²) in [5.41, 5.74) is 3.47. The first-order chi connectivity index (χ1) is 10.4. The fraction of sp³-hybridized carbons (Fsp3) is 0.353. The molecule has 0 fully saturated rings. The van der Waals surface area contributed by atoms with Gasteiger partial charge in [0.15, 0.2) is 0 Å². The minimum absolute atomic E-state index is 0.375. The molecule has 0 bridgehead atoms. The van der Waals surface area contributed by atoms with Crippen molar-refractivity contribution in [1.29, 1.82) is 0 Å². The van der Waals surface area contributed by atoms with E-state index in [9.17, 15) is 0 Å². The van der Waals surface area contributed by atoms with Crippen molar-refractivity contribution in [2.24, 2.45) is 0 Å². The van der Waals surface area contributed by atoms with Crippen LogP contribution in [0.5, 0.6) is 0 Å². The Kier molecular flexibility index (Phi) is 4.36. The maximum atomic E-state index is 5.18. The molecule has 3 aromatic rings. The standard InChI is InChI=1S/C17H21N3O/c1-2-8-18-15(10-14-7-9-21-12-14)11-20-13-19-16-5-3-4-6-17(16)20/h3-7,9,12-13,15,18H,2,8,10-11H2,1H3. The number of aromatic nitrogens is 2. The highest BCUT2D eigenvalue weighted by atomic mass is 16.3. The lowest BCUT2D eigenvalue weighted by Crippen LogP contribution is -2.35. The van der Waals surface area contributed by atoms with E-state index in [0.717, 1.165) is 31.4 Å². The molecule has 21 heavy (non-hydrogen) atoms. The van der Waals surface area contributed by atoms with Crippen LogP contribution in [0.15, 0.2) is 53.6 Å². The number of rotatable bonds is 7. The SMILES string of the molecule is CCCNC(Cc1ccoc1)Cn1cnc2ccccc21. The van der Waals surface area contributed by atoms with E-state index in [1.54, 1.807) is 6.26 Å². The van der Waals surface area contributed by atoms with E-state index in [1.807, 2.05) is 24.7 Å². The molecular weight excluding hydrogens is 262 g/mol. The molecule has 2 heterocycles. The molecule has 1 unspecified atom stereocenters. The molecule has 4 nitrogen and oxygen atoms in total. The van der Waals surface area contributed by atoms with Gasteiger partial charge in [-0.15, -0.1) is 0 Å². The van der Waals surface area contributed by atoms with Gasteiger partial charge in [0.05, 0.1) is 29.9 Å². The number of fused-ring (bicyclic) bond motifs is 1. The predicted molar refractivity (Wildman–Crippen MR) is 84.2 cm³/mol. The van der Waals surface area contributed by atoms with Crippen LogP contribution in [0.2, 0.25) is 0 Å². The fourth-order valence-corrected chi connectivity index (χ4v) is 2.64. The van der Waals surface area contributed by atoms with Gasteiger partial charge >= 0.3 is 0 Å². The first-order valence-corrected chi connectivity index (χ1v) is 7.51. The van der Waals surface area contributed by atoms with Crippen molar-refractivity contribution in [1.82, 2.24) is 14.9 Å². The fourth-order valence-electron chi connectivity index (χ4n) is 2.64. The summed E-state index contributed by atoms with van der Waals surface area (Å²) in [4.78, 5) is 4.47. The molecule has 1 atom stereocenters. The summed E-state index contributed by atoms with van der Waals surface area (Å²) in [7, 11) is 0. The summed E-state index contributed by atoms with van der Waals surface area (Å²) in [6, 6.07) is 10.7. The van der Waals surface area contributed by atoms with E-state index < -0.39 is 0 Å². The smallest absolute Gasteiger partial charge is 0.0958 e. The van der Waals surface area contributed by atoms with Gasteiger partial charge < -0.3 is 14.3 Å². The van der Waals surface area contributed by atoms with E-state index in [1.165, 1.54) is 11.1 Å². The van der Waals surface area contributed by atoms with Crippen molar-refractivity contribution in [2.75, 3.05) is 6.54 Å². The zero-order valence-electron chi connectivity index (χ0n) is 12.3. The summed E-state index contributed by atoms with van der Waals surface area (Å²) in [6.45, 7) is 4.12. The molecule has 4 heteroatoms. The highest BCUT2D eigenvalue weighted by Crippen LogP contribution is 2.14. The molecular formula is C17H21N3O. The average Bonchev–Trinajstić information content (AvgIpc) is 3.15. The van der Waals surface area contributed by atoms with Crippen LogP contribution in [0.25, 0.3) is 11.0 Å². The van der Waals surface area contributed by atoms with Crippen LogP contribution in [0.3, 0.4) is 0 Å². The van der Waals surface area contributed by atoms with Crippen LogP contribution in [0, 0.1) is 0 Å². The molecule has 2 aromatic heterocycles. The summed E-state index contributed by atoms with van der Waals surface area (Å²) in [6.07, 6.45) is 7.59. The molecule has 1 aromatic carbocycles. The van der Waals surface area contributed by atoms with Crippen molar-refractivity contribution >= 4 is 11.0 Å². The molecule has 0 spiro atoms. The number of hydrogen-bond acceptors (Lipinski definition) is 3. The largest absolute Gasteiger partial charge is 0.472 e. The molecule has 0 amide bonds. The van der Waals surface area contributed by atoms with Crippen LogP contribution in [0.1, 0.15) is 18.9 Å². The van der Waals surface area contributed by atoms with Crippen LogP contribution in [-0.2, 0) is 13.0 Å². The summed E-state index contributed by atoms with van der Waals surface area (Å²) in [5.74, 6) is 0. The van der Waals surface area contributed by atoms with Crippen molar-refractivity contribution in [3.05, 3.63) is 54.7 Å². The Hall–Kier alpha value is -2.07. The zero-order valence-corrected chi connectivity index (χ0v) is 12.3. The Morgan fingerprint density at radius 2 is 2.19 bits per heavy atom. The van der Waals surface area contributed by atoms with E-state index in [4.69, 9.17) is 4.42 Å². The minimum atomic E-state index is 0.375. The summed E-state index contributed by atoms with van der Waals surface area (Å²) in [5, 5.41) is 3.62. The van der Waals surface area contributed by atoms with Gasteiger partial charge in [0.1, 0.15) is 0 Å². The second-order valence-electron chi connectivity index (χ2n) is 5.37. The number of nitrogens with zero attached hydrogens (tertiary/aromatic N) is 2. The van der Waals surface area contributed by atoms with Crippen LogP contribution < -0.4 is 5.32 Å². The monoisotopic (exact) mass is 283 g/mol. The van der Waals surface area contributed by atoms with E-state index in [0.29, 0.717) is 6.04 Å². The Morgan fingerprint density at radius 1 is 1.29 bits per heavy atom. The number of nitrogens with one attached hydrogen (secondary N) is 1. The lowest BCUT2D eigenvalue weighted by molar-refractivity contribution is 0.448. The van der Waals surface area contributed by atoms with Gasteiger partial charge in [0, 0.05) is 12.6 Å². The van der Waals surface area contributed by atoms with Crippen LogP contribution >= 0.6 is 0 Å². The zero-order chi connectivity index (χ0) is 14.5. The lowest BCUT2D eigenvalue weighted by Gasteiger charge is -2.19. The third kappa shape index (κ3) is 3.34. The second-order valence-corrected chi connectivity index (χ2v) is 5.37. The molecule has 0 aliphatic heterocycles. The Bertz CT molecular complexity index is 672. The van der Waals surface area contributed by atoms with Gasteiger partial charge in [-0.2, -0.15) is 0 Å². The number of furan rings is 1. The maximum Gasteiger partial charge on any atom is 0.0958 e. The molecule has 0 saturated carbocycles. The highest BCUT2D eigenvalue weighted by molar-refractivity contribution is 5.74. The van der Waals surface area contributed by atoms with Gasteiger partial charge in [-0.25, -0.2) is 4.98 Å². The number of benzene rings is 1. The van der Waals surface area contributed by atoms with Gasteiger partial charge in [-0.05, 0) is 43.1 Å². The topological polar surface area (TPSA) is 43.0 Å². The average molecular weight is 283 g/mol. The summed E-state index contributed by atoms with van der Waals surface area (Å²) >= 11 is 0. The number of hydrogen-bond donors (Lipinski definition) is 1. The van der Waals surface area contributed by atoms with Gasteiger partial charge in [-0.1, -0.05) is 19.1 Å². The molecule has 0 aliphatic carbocycles. The molecule has 1 N–H and O–H groups in total.